The van der Waals surface area contributed by atoms with E-state index in [4.69, 9.17) is 4.74 Å². The number of methoxy groups -OCH3 is 1. The standard InChI is InChI=1S/C12H15BrINO2/c1-17-8-9(6-7-13)15-12(16)10-4-2-3-5-11(10)14/h2-5,9H,6-8H2,1H3,(H,15,16). The molecule has 0 radical (unpaired) electrons. The maximum absolute atomic E-state index is 12.0. The molecule has 0 aliphatic carbocycles. The molecule has 0 bridgehead atoms. The summed E-state index contributed by atoms with van der Waals surface area (Å²) < 4.78 is 6.04. The molecule has 0 saturated carbocycles. The van der Waals surface area contributed by atoms with E-state index in [2.05, 4.69) is 43.8 Å². The highest BCUT2D eigenvalue weighted by atomic mass is 127. The summed E-state index contributed by atoms with van der Waals surface area (Å²) in [6.07, 6.45) is 0.850. The predicted octanol–water partition coefficient (Wildman–Crippen LogP) is 2.82. The van der Waals surface area contributed by atoms with Gasteiger partial charge in [0.2, 0.25) is 0 Å². The minimum Gasteiger partial charge on any atom is -0.383 e. The molecule has 0 heterocycles. The molecule has 1 unspecified atom stereocenters. The van der Waals surface area contributed by atoms with Crippen LogP contribution in [-0.2, 0) is 4.74 Å². The van der Waals surface area contributed by atoms with Crippen molar-refractivity contribution >= 4 is 44.4 Å². The van der Waals surface area contributed by atoms with Crippen LogP contribution in [0.5, 0.6) is 0 Å². The largest absolute Gasteiger partial charge is 0.383 e. The number of ether oxygens (including phenoxy) is 1. The highest BCUT2D eigenvalue weighted by molar-refractivity contribution is 14.1. The third kappa shape index (κ3) is 4.93. The van der Waals surface area contributed by atoms with Gasteiger partial charge in [-0.1, -0.05) is 28.1 Å². The molecule has 1 amide bonds. The van der Waals surface area contributed by atoms with Gasteiger partial charge < -0.3 is 10.1 Å². The summed E-state index contributed by atoms with van der Waals surface area (Å²) in [5.41, 5.74) is 0.712. The monoisotopic (exact) mass is 411 g/mol. The molecule has 1 rings (SSSR count). The average molecular weight is 412 g/mol. The first-order chi connectivity index (χ1) is 8.19. The van der Waals surface area contributed by atoms with E-state index in [0.29, 0.717) is 12.2 Å². The van der Waals surface area contributed by atoms with Gasteiger partial charge in [0.25, 0.3) is 5.91 Å². The van der Waals surface area contributed by atoms with E-state index in [1.165, 1.54) is 0 Å². The first kappa shape index (κ1) is 14.9. The second kappa shape index (κ2) is 8.05. The van der Waals surface area contributed by atoms with Crippen molar-refractivity contribution in [3.05, 3.63) is 33.4 Å². The number of carbonyl (C=O) groups excluding carboxylic acids is 1. The van der Waals surface area contributed by atoms with E-state index in [9.17, 15) is 4.79 Å². The number of hydrogen-bond donors (Lipinski definition) is 1. The van der Waals surface area contributed by atoms with E-state index in [1.54, 1.807) is 7.11 Å². The SMILES string of the molecule is COCC(CCBr)NC(=O)c1ccccc1I. The van der Waals surface area contributed by atoms with Crippen molar-refractivity contribution in [3.63, 3.8) is 0 Å². The van der Waals surface area contributed by atoms with Crippen molar-refractivity contribution in [2.24, 2.45) is 0 Å². The van der Waals surface area contributed by atoms with Gasteiger partial charge in [-0.05, 0) is 41.1 Å². The average Bonchev–Trinajstić information content (AvgIpc) is 2.30. The third-order valence-electron chi connectivity index (χ3n) is 2.28. The maximum atomic E-state index is 12.0. The van der Waals surface area contributed by atoms with Crippen LogP contribution >= 0.6 is 38.5 Å². The van der Waals surface area contributed by atoms with Crippen molar-refractivity contribution in [3.8, 4) is 0 Å². The van der Waals surface area contributed by atoms with E-state index in [1.807, 2.05) is 24.3 Å². The molecule has 0 spiro atoms. The minimum absolute atomic E-state index is 0.0435. The van der Waals surface area contributed by atoms with Crippen LogP contribution in [0.4, 0.5) is 0 Å². The Bertz CT molecular complexity index is 367. The number of amides is 1. The molecule has 0 fully saturated rings. The molecule has 0 aliphatic rings. The minimum atomic E-state index is -0.0435. The summed E-state index contributed by atoms with van der Waals surface area (Å²) in [7, 11) is 1.64. The topological polar surface area (TPSA) is 38.3 Å². The van der Waals surface area contributed by atoms with Crippen LogP contribution in [0.15, 0.2) is 24.3 Å². The van der Waals surface area contributed by atoms with Crippen LogP contribution in [-0.4, -0.2) is 31.0 Å². The number of rotatable bonds is 6. The maximum Gasteiger partial charge on any atom is 0.252 e. The highest BCUT2D eigenvalue weighted by Crippen LogP contribution is 2.11. The Morgan fingerprint density at radius 2 is 2.24 bits per heavy atom. The number of nitrogens with one attached hydrogen (secondary N) is 1. The Kier molecular flexibility index (Phi) is 7.06. The highest BCUT2D eigenvalue weighted by Gasteiger charge is 2.14. The molecular formula is C12H15BrINO2. The number of halogens is 2. The molecule has 0 saturated heterocycles. The fraction of sp³-hybridized carbons (Fsp3) is 0.417. The van der Waals surface area contributed by atoms with Gasteiger partial charge in [-0.3, -0.25) is 4.79 Å². The number of carbonyl (C=O) groups is 1. The van der Waals surface area contributed by atoms with Gasteiger partial charge in [0.15, 0.2) is 0 Å². The zero-order valence-corrected chi connectivity index (χ0v) is 13.3. The lowest BCUT2D eigenvalue weighted by molar-refractivity contribution is 0.0894. The Labute approximate surface area is 124 Å². The van der Waals surface area contributed by atoms with Gasteiger partial charge in [-0.15, -0.1) is 0 Å². The quantitative estimate of drug-likeness (QED) is 0.577. The lowest BCUT2D eigenvalue weighted by Crippen LogP contribution is -2.38. The van der Waals surface area contributed by atoms with E-state index < -0.39 is 0 Å². The predicted molar refractivity (Wildman–Crippen MR) is 80.7 cm³/mol. The summed E-state index contributed by atoms with van der Waals surface area (Å²) in [4.78, 5) is 12.0. The van der Waals surface area contributed by atoms with Crippen molar-refractivity contribution in [1.29, 1.82) is 0 Å². The lowest BCUT2D eigenvalue weighted by atomic mass is 10.2. The summed E-state index contributed by atoms with van der Waals surface area (Å²) in [5.74, 6) is -0.0435. The first-order valence-electron chi connectivity index (χ1n) is 5.29. The molecule has 1 atom stereocenters. The van der Waals surface area contributed by atoms with Crippen LogP contribution in [0.2, 0.25) is 0 Å². The van der Waals surface area contributed by atoms with E-state index in [-0.39, 0.29) is 11.9 Å². The molecule has 3 nitrogen and oxygen atoms in total. The van der Waals surface area contributed by atoms with Crippen LogP contribution < -0.4 is 5.32 Å². The number of alkyl halides is 1. The molecule has 5 heteroatoms. The lowest BCUT2D eigenvalue weighted by Gasteiger charge is -2.17. The fourth-order valence-electron chi connectivity index (χ4n) is 1.44. The molecule has 1 N–H and O–H groups in total. The van der Waals surface area contributed by atoms with Gasteiger partial charge in [-0.25, -0.2) is 0 Å². The number of benzene rings is 1. The van der Waals surface area contributed by atoms with Crippen LogP contribution in [0.1, 0.15) is 16.8 Å². The van der Waals surface area contributed by atoms with Crippen molar-refractivity contribution in [2.75, 3.05) is 19.0 Å². The molecule has 1 aromatic carbocycles. The fourth-order valence-corrected chi connectivity index (χ4v) is 2.62. The molecule has 0 aliphatic heterocycles. The molecule has 1 aromatic rings. The Balaban J connectivity index is 2.67. The van der Waals surface area contributed by atoms with Crippen LogP contribution in [0.3, 0.4) is 0 Å². The molecular weight excluding hydrogens is 397 g/mol. The van der Waals surface area contributed by atoms with Gasteiger partial charge >= 0.3 is 0 Å². The summed E-state index contributed by atoms with van der Waals surface area (Å²) in [5, 5.41) is 3.82. The first-order valence-corrected chi connectivity index (χ1v) is 7.49. The zero-order valence-electron chi connectivity index (χ0n) is 9.58. The van der Waals surface area contributed by atoms with Crippen molar-refractivity contribution in [1.82, 2.24) is 5.32 Å². The van der Waals surface area contributed by atoms with Crippen molar-refractivity contribution in [2.45, 2.75) is 12.5 Å². The Hall–Kier alpha value is -0.140. The summed E-state index contributed by atoms with van der Waals surface area (Å²) in [6, 6.07) is 7.58. The van der Waals surface area contributed by atoms with Gasteiger partial charge in [-0.2, -0.15) is 0 Å². The second-order valence-electron chi connectivity index (χ2n) is 3.58. The molecule has 0 aromatic heterocycles. The Morgan fingerprint density at radius 1 is 1.53 bits per heavy atom. The second-order valence-corrected chi connectivity index (χ2v) is 5.54. The van der Waals surface area contributed by atoms with E-state index >= 15 is 0 Å². The summed E-state index contributed by atoms with van der Waals surface area (Å²) >= 11 is 5.54. The molecule has 17 heavy (non-hydrogen) atoms. The third-order valence-corrected chi connectivity index (χ3v) is 3.68. The Morgan fingerprint density at radius 3 is 2.82 bits per heavy atom. The van der Waals surface area contributed by atoms with Gasteiger partial charge in [0.05, 0.1) is 18.2 Å². The number of hydrogen-bond acceptors (Lipinski definition) is 2. The smallest absolute Gasteiger partial charge is 0.252 e. The van der Waals surface area contributed by atoms with Gasteiger partial charge in [0, 0.05) is 16.0 Å². The summed E-state index contributed by atoms with van der Waals surface area (Å²) in [6.45, 7) is 0.529. The molecule has 94 valence electrons. The zero-order chi connectivity index (χ0) is 12.7. The normalized spacial score (nSPS) is 12.2. The van der Waals surface area contributed by atoms with Gasteiger partial charge in [0.1, 0.15) is 0 Å². The van der Waals surface area contributed by atoms with E-state index in [0.717, 1.165) is 15.3 Å². The van der Waals surface area contributed by atoms with Crippen LogP contribution in [0.25, 0.3) is 0 Å². The van der Waals surface area contributed by atoms with Crippen molar-refractivity contribution < 1.29 is 9.53 Å². The van der Waals surface area contributed by atoms with Crippen LogP contribution in [0, 0.1) is 3.57 Å².